The average molecular weight is 1100 g/mol. The predicted molar refractivity (Wildman–Crippen MR) is 348 cm³/mol. The van der Waals surface area contributed by atoms with Crippen LogP contribution >= 0.6 is 0 Å². The highest BCUT2D eigenvalue weighted by molar-refractivity contribution is 5.71. The van der Waals surface area contributed by atoms with Gasteiger partial charge in [0, 0.05) is 19.3 Å². The molecule has 0 saturated carbocycles. The number of ether oxygens (including phenoxy) is 3. The Kier molecular flexibility index (Phi) is 61.9. The van der Waals surface area contributed by atoms with Gasteiger partial charge in [-0.2, -0.15) is 0 Å². The summed E-state index contributed by atoms with van der Waals surface area (Å²) in [5, 5.41) is 0. The zero-order chi connectivity index (χ0) is 57.8. The molecule has 6 heteroatoms. The molecule has 0 saturated heterocycles. The SMILES string of the molecule is CC/C=C\C/C=C\C/C=C\C/C=C\C/C=C\C/C=C\C/C=C\C/C=C\C/C=C\CCCCCC(=O)OCC(COC(=O)CCCCCCCCCC)OC(=O)CCCCCCCCC/C=C\C/C=C\C/C=C\C/C=C\C/C=C\CC. The Morgan fingerprint density at radius 1 is 0.263 bits per heavy atom. The number of unbranched alkanes of at least 4 members (excludes halogenated alkanes) is 17. The van der Waals surface area contributed by atoms with E-state index in [1.165, 1.54) is 51.4 Å². The quantitative estimate of drug-likeness (QED) is 0.0261. The molecule has 0 aromatic heterocycles. The molecule has 448 valence electrons. The molecule has 0 N–H and O–H groups in total. The van der Waals surface area contributed by atoms with Crippen molar-refractivity contribution < 1.29 is 28.6 Å². The van der Waals surface area contributed by atoms with Gasteiger partial charge in [0.15, 0.2) is 6.10 Å². The summed E-state index contributed by atoms with van der Waals surface area (Å²) in [5.74, 6) is -0.955. The van der Waals surface area contributed by atoms with Crippen LogP contribution in [0.4, 0.5) is 0 Å². The maximum atomic E-state index is 12.9. The second-order valence-electron chi connectivity index (χ2n) is 20.6. The molecular formula is C74H116O6. The van der Waals surface area contributed by atoms with Crippen molar-refractivity contribution in [3.05, 3.63) is 170 Å². The summed E-state index contributed by atoms with van der Waals surface area (Å²) in [6.45, 7) is 6.34. The molecule has 0 aromatic carbocycles. The van der Waals surface area contributed by atoms with Gasteiger partial charge in [-0.15, -0.1) is 0 Å². The molecule has 80 heavy (non-hydrogen) atoms. The molecule has 6 nitrogen and oxygen atoms in total. The summed E-state index contributed by atoms with van der Waals surface area (Å²) in [4.78, 5) is 38.1. The third-order valence-electron chi connectivity index (χ3n) is 13.0. The van der Waals surface area contributed by atoms with Crippen molar-refractivity contribution in [1.82, 2.24) is 0 Å². The number of hydrogen-bond acceptors (Lipinski definition) is 6. The molecule has 0 aliphatic rings. The lowest BCUT2D eigenvalue weighted by molar-refractivity contribution is -0.167. The van der Waals surface area contributed by atoms with Crippen LogP contribution in [-0.2, 0) is 28.6 Å². The smallest absolute Gasteiger partial charge is 0.306 e. The number of rotatable bonds is 56. The fourth-order valence-corrected chi connectivity index (χ4v) is 8.23. The Hall–Kier alpha value is -5.23. The third kappa shape index (κ3) is 63.6. The number of carbonyl (C=O) groups is 3. The van der Waals surface area contributed by atoms with Crippen molar-refractivity contribution in [2.24, 2.45) is 0 Å². The molecular weight excluding hydrogens is 985 g/mol. The monoisotopic (exact) mass is 1100 g/mol. The van der Waals surface area contributed by atoms with Gasteiger partial charge in [0.1, 0.15) is 13.2 Å². The summed E-state index contributed by atoms with van der Waals surface area (Å²) in [5.41, 5.74) is 0. The van der Waals surface area contributed by atoms with Gasteiger partial charge in [-0.25, -0.2) is 0 Å². The zero-order valence-corrected chi connectivity index (χ0v) is 51.3. The van der Waals surface area contributed by atoms with E-state index in [9.17, 15) is 14.4 Å². The van der Waals surface area contributed by atoms with Crippen LogP contribution in [-0.4, -0.2) is 37.2 Å². The second kappa shape index (κ2) is 66.3. The van der Waals surface area contributed by atoms with Crippen molar-refractivity contribution in [2.75, 3.05) is 13.2 Å². The van der Waals surface area contributed by atoms with Crippen LogP contribution in [0.3, 0.4) is 0 Å². The largest absolute Gasteiger partial charge is 0.462 e. The van der Waals surface area contributed by atoms with E-state index in [-0.39, 0.29) is 31.1 Å². The van der Waals surface area contributed by atoms with Crippen LogP contribution in [0.5, 0.6) is 0 Å². The lowest BCUT2D eigenvalue weighted by atomic mass is 10.1. The Balaban J connectivity index is 4.32. The molecule has 0 aliphatic carbocycles. The Morgan fingerprint density at radius 2 is 0.487 bits per heavy atom. The minimum absolute atomic E-state index is 0.0994. The first-order valence-electron chi connectivity index (χ1n) is 32.1. The minimum atomic E-state index is -0.805. The third-order valence-corrected chi connectivity index (χ3v) is 13.0. The van der Waals surface area contributed by atoms with Gasteiger partial charge in [0.05, 0.1) is 0 Å². The van der Waals surface area contributed by atoms with Gasteiger partial charge in [-0.05, 0) is 135 Å². The predicted octanol–water partition coefficient (Wildman–Crippen LogP) is 22.3. The van der Waals surface area contributed by atoms with Gasteiger partial charge in [-0.1, -0.05) is 274 Å². The van der Waals surface area contributed by atoms with E-state index in [0.717, 1.165) is 167 Å². The first-order chi connectivity index (χ1) is 39.5. The first-order valence-corrected chi connectivity index (χ1v) is 32.1. The minimum Gasteiger partial charge on any atom is -0.462 e. The highest BCUT2D eigenvalue weighted by Gasteiger charge is 2.19. The number of carbonyl (C=O) groups excluding carboxylic acids is 3. The van der Waals surface area contributed by atoms with Gasteiger partial charge < -0.3 is 14.2 Å². The van der Waals surface area contributed by atoms with Crippen molar-refractivity contribution >= 4 is 17.9 Å². The van der Waals surface area contributed by atoms with Crippen LogP contribution in [0.1, 0.15) is 258 Å². The van der Waals surface area contributed by atoms with Crippen LogP contribution in [0, 0.1) is 0 Å². The van der Waals surface area contributed by atoms with Gasteiger partial charge in [0.25, 0.3) is 0 Å². The topological polar surface area (TPSA) is 78.9 Å². The molecule has 0 aliphatic heterocycles. The van der Waals surface area contributed by atoms with E-state index in [1.54, 1.807) is 0 Å². The van der Waals surface area contributed by atoms with E-state index < -0.39 is 6.10 Å². The van der Waals surface area contributed by atoms with Crippen molar-refractivity contribution in [3.8, 4) is 0 Å². The van der Waals surface area contributed by atoms with Crippen molar-refractivity contribution in [3.63, 3.8) is 0 Å². The van der Waals surface area contributed by atoms with Crippen LogP contribution in [0.25, 0.3) is 0 Å². The first kappa shape index (κ1) is 74.8. The average Bonchev–Trinajstić information content (AvgIpc) is 3.46. The molecule has 1 unspecified atom stereocenters. The maximum Gasteiger partial charge on any atom is 0.306 e. The lowest BCUT2D eigenvalue weighted by Gasteiger charge is -2.18. The summed E-state index contributed by atoms with van der Waals surface area (Å²) >= 11 is 0. The zero-order valence-electron chi connectivity index (χ0n) is 51.3. The Bertz CT molecular complexity index is 1840. The molecule has 0 heterocycles. The number of allylic oxidation sites excluding steroid dienone is 28. The van der Waals surface area contributed by atoms with E-state index in [2.05, 4.69) is 191 Å². The normalized spacial score (nSPS) is 13.3. The van der Waals surface area contributed by atoms with Gasteiger partial charge in [-0.3, -0.25) is 14.4 Å². The molecule has 1 atom stereocenters. The fraction of sp³-hybridized carbons (Fsp3) is 0.581. The van der Waals surface area contributed by atoms with E-state index in [0.29, 0.717) is 19.3 Å². The van der Waals surface area contributed by atoms with E-state index in [1.807, 2.05) is 0 Å². The second-order valence-corrected chi connectivity index (χ2v) is 20.6. The summed E-state index contributed by atoms with van der Waals surface area (Å²) < 4.78 is 16.8. The number of hydrogen-bond donors (Lipinski definition) is 0. The number of esters is 3. The standard InChI is InChI=1S/C74H116O6/c1-4-7-10-13-16-19-21-23-25-27-29-31-33-34-35-36-37-38-39-40-42-43-45-47-49-51-53-55-58-61-64-67-73(76)79-70-71(69-78-72(75)66-63-60-57-18-15-12-9-6-3)80-74(77)68-65-62-59-56-54-52-50-48-46-44-41-32-30-28-26-24-22-20-17-14-11-8-5-2/h7-8,10-11,16-17,19-20,23-26,29-32,34-35,37-38,40,42,44-47,51,53,71H,4-6,9,12-15,18,21-22,27-28,33,36,39,41,43,48-50,52,54-70H2,1-3H3/b10-7-,11-8-,19-16-,20-17-,25-23-,26-24-,31-29-,32-30-,35-34-,38-37-,42-40-,46-44-,47-45-,53-51-. The molecule has 0 spiro atoms. The van der Waals surface area contributed by atoms with Crippen molar-refractivity contribution in [2.45, 2.75) is 264 Å². The highest BCUT2D eigenvalue weighted by atomic mass is 16.6. The van der Waals surface area contributed by atoms with Crippen molar-refractivity contribution in [1.29, 1.82) is 0 Å². The molecule has 0 rings (SSSR count). The summed E-state index contributed by atoms with van der Waals surface area (Å²) in [6.07, 6.45) is 98.0. The molecule has 0 aromatic rings. The summed E-state index contributed by atoms with van der Waals surface area (Å²) in [6, 6.07) is 0. The Labute approximate surface area is 492 Å². The van der Waals surface area contributed by atoms with Gasteiger partial charge in [0.2, 0.25) is 0 Å². The van der Waals surface area contributed by atoms with Crippen LogP contribution in [0.15, 0.2) is 170 Å². The molecule has 0 amide bonds. The van der Waals surface area contributed by atoms with Crippen LogP contribution in [0.2, 0.25) is 0 Å². The maximum absolute atomic E-state index is 12.9. The lowest BCUT2D eigenvalue weighted by Crippen LogP contribution is -2.30. The van der Waals surface area contributed by atoms with Crippen LogP contribution < -0.4 is 0 Å². The van der Waals surface area contributed by atoms with E-state index in [4.69, 9.17) is 14.2 Å². The summed E-state index contributed by atoms with van der Waals surface area (Å²) in [7, 11) is 0. The van der Waals surface area contributed by atoms with Gasteiger partial charge >= 0.3 is 17.9 Å². The Morgan fingerprint density at radius 3 is 0.775 bits per heavy atom. The molecule has 0 bridgehead atoms. The highest BCUT2D eigenvalue weighted by Crippen LogP contribution is 2.14. The molecule has 0 fully saturated rings. The fourth-order valence-electron chi connectivity index (χ4n) is 8.23. The molecule has 0 radical (unpaired) electrons. The van der Waals surface area contributed by atoms with E-state index >= 15 is 0 Å².